The van der Waals surface area contributed by atoms with E-state index in [1.54, 1.807) is 36.4 Å². The fourth-order valence-electron chi connectivity index (χ4n) is 2.35. The number of para-hydroxylation sites is 1. The number of fused-ring (bicyclic) bond motifs is 1. The molecule has 2 aromatic rings. The normalized spacial score (nSPS) is 20.5. The van der Waals surface area contributed by atoms with Crippen molar-refractivity contribution < 1.29 is 19.1 Å². The van der Waals surface area contributed by atoms with E-state index < -0.39 is 11.5 Å². The summed E-state index contributed by atoms with van der Waals surface area (Å²) >= 11 is 0. The second-order valence-electron chi connectivity index (χ2n) is 4.85. The highest BCUT2D eigenvalue weighted by Gasteiger charge is 2.46. The number of ketones is 1. The van der Waals surface area contributed by atoms with Gasteiger partial charge in [-0.25, -0.2) is 0 Å². The van der Waals surface area contributed by atoms with Gasteiger partial charge in [-0.1, -0.05) is 18.2 Å². The van der Waals surface area contributed by atoms with E-state index in [1.165, 1.54) is 18.4 Å². The first-order valence-corrected chi connectivity index (χ1v) is 6.47. The highest BCUT2D eigenvalue weighted by atomic mass is 16.3. The molecule has 1 aromatic heterocycles. The van der Waals surface area contributed by atoms with Gasteiger partial charge in [0, 0.05) is 11.3 Å². The molecule has 0 unspecified atom stereocenters. The zero-order valence-corrected chi connectivity index (χ0v) is 11.1. The molecule has 0 bridgehead atoms. The van der Waals surface area contributed by atoms with Crippen LogP contribution in [0, 0.1) is 0 Å². The Kier molecular flexibility index (Phi) is 3.19. The molecule has 106 valence electrons. The average Bonchev–Trinajstić information content (AvgIpc) is 3.06. The van der Waals surface area contributed by atoms with Crippen molar-refractivity contribution in [3.05, 3.63) is 60.1 Å². The van der Waals surface area contributed by atoms with E-state index in [-0.39, 0.29) is 12.2 Å². The molecule has 1 aliphatic rings. The Morgan fingerprint density at radius 3 is 2.86 bits per heavy atom. The van der Waals surface area contributed by atoms with Gasteiger partial charge < -0.3 is 14.8 Å². The monoisotopic (exact) mass is 283 g/mol. The standard InChI is InChI=1S/C16H13NO4/c18-11(7-8-12-4-3-9-21-12)10-16(20)13-5-1-2-6-14(13)17-15(16)19/h1-9,20H,10H2,(H,17,19)/t16-/m0/s1. The van der Waals surface area contributed by atoms with Crippen LogP contribution in [-0.4, -0.2) is 16.8 Å². The average molecular weight is 283 g/mol. The number of carbonyl (C=O) groups excluding carboxylic acids is 2. The SMILES string of the molecule is O=C(C=Cc1ccco1)C[C@@]1(O)C(=O)Nc2ccccc21. The first-order chi connectivity index (χ1) is 10.1. The van der Waals surface area contributed by atoms with Crippen LogP contribution in [0.3, 0.4) is 0 Å². The lowest BCUT2D eigenvalue weighted by Gasteiger charge is -2.18. The third kappa shape index (κ3) is 2.39. The lowest BCUT2D eigenvalue weighted by Crippen LogP contribution is -2.36. The number of anilines is 1. The zero-order valence-electron chi connectivity index (χ0n) is 11.1. The lowest BCUT2D eigenvalue weighted by atomic mass is 9.90. The molecule has 2 heterocycles. The summed E-state index contributed by atoms with van der Waals surface area (Å²) in [6, 6.07) is 10.2. The van der Waals surface area contributed by atoms with Crippen LogP contribution in [0.25, 0.3) is 6.08 Å². The number of carbonyl (C=O) groups is 2. The Hall–Kier alpha value is -2.66. The van der Waals surface area contributed by atoms with E-state index in [1.807, 2.05) is 0 Å². The van der Waals surface area contributed by atoms with Crippen molar-refractivity contribution in [2.45, 2.75) is 12.0 Å². The van der Waals surface area contributed by atoms with Crippen LogP contribution in [0.5, 0.6) is 0 Å². The van der Waals surface area contributed by atoms with E-state index in [2.05, 4.69) is 5.32 Å². The maximum Gasteiger partial charge on any atom is 0.261 e. The summed E-state index contributed by atoms with van der Waals surface area (Å²) in [5, 5.41) is 13.1. The van der Waals surface area contributed by atoms with Crippen LogP contribution in [0.15, 0.2) is 53.2 Å². The highest BCUT2D eigenvalue weighted by molar-refractivity contribution is 6.08. The van der Waals surface area contributed by atoms with Crippen LogP contribution >= 0.6 is 0 Å². The molecule has 2 N–H and O–H groups in total. The van der Waals surface area contributed by atoms with Crippen molar-refractivity contribution in [2.75, 3.05) is 5.32 Å². The molecule has 1 atom stereocenters. The largest absolute Gasteiger partial charge is 0.465 e. The molecule has 5 nitrogen and oxygen atoms in total. The maximum absolute atomic E-state index is 12.0. The van der Waals surface area contributed by atoms with Gasteiger partial charge in [0.1, 0.15) is 5.76 Å². The minimum atomic E-state index is -1.82. The van der Waals surface area contributed by atoms with Crippen LogP contribution in [-0.2, 0) is 15.2 Å². The third-order valence-electron chi connectivity index (χ3n) is 3.40. The molecule has 5 heteroatoms. The molecule has 21 heavy (non-hydrogen) atoms. The zero-order chi connectivity index (χ0) is 14.9. The van der Waals surface area contributed by atoms with Crippen molar-refractivity contribution in [3.63, 3.8) is 0 Å². The predicted molar refractivity (Wildman–Crippen MR) is 76.3 cm³/mol. The van der Waals surface area contributed by atoms with Crippen molar-refractivity contribution in [3.8, 4) is 0 Å². The predicted octanol–water partition coefficient (Wildman–Crippen LogP) is 2.09. The smallest absolute Gasteiger partial charge is 0.261 e. The summed E-state index contributed by atoms with van der Waals surface area (Å²) in [6.07, 6.45) is 3.99. The number of allylic oxidation sites excluding steroid dienone is 1. The van der Waals surface area contributed by atoms with Gasteiger partial charge in [-0.15, -0.1) is 0 Å². The van der Waals surface area contributed by atoms with Crippen LogP contribution in [0.4, 0.5) is 5.69 Å². The molecule has 0 fully saturated rings. The number of hydrogen-bond acceptors (Lipinski definition) is 4. The Morgan fingerprint density at radius 2 is 2.10 bits per heavy atom. The number of rotatable bonds is 4. The van der Waals surface area contributed by atoms with Crippen molar-refractivity contribution in [2.24, 2.45) is 0 Å². The molecule has 0 spiro atoms. The van der Waals surface area contributed by atoms with Gasteiger partial charge in [-0.05, 0) is 30.4 Å². The summed E-state index contributed by atoms with van der Waals surface area (Å²) in [5.74, 6) is -0.407. The summed E-state index contributed by atoms with van der Waals surface area (Å²) in [5.41, 5.74) is -0.858. The molecule has 0 saturated carbocycles. The maximum atomic E-state index is 12.0. The molecule has 1 aliphatic heterocycles. The molecule has 1 amide bonds. The first-order valence-electron chi connectivity index (χ1n) is 6.47. The lowest BCUT2D eigenvalue weighted by molar-refractivity contribution is -0.138. The number of aliphatic hydroxyl groups is 1. The van der Waals surface area contributed by atoms with Crippen molar-refractivity contribution >= 4 is 23.5 Å². The molecule has 1 aromatic carbocycles. The second kappa shape index (κ2) is 5.03. The molecular formula is C16H13NO4. The quantitative estimate of drug-likeness (QED) is 0.842. The number of amides is 1. The van der Waals surface area contributed by atoms with Gasteiger partial charge in [0.05, 0.1) is 12.7 Å². The Morgan fingerprint density at radius 1 is 1.29 bits per heavy atom. The molecule has 3 rings (SSSR count). The minimum absolute atomic E-state index is 0.312. The highest BCUT2D eigenvalue weighted by Crippen LogP contribution is 2.38. The van der Waals surface area contributed by atoms with Gasteiger partial charge in [0.2, 0.25) is 0 Å². The van der Waals surface area contributed by atoms with Gasteiger partial charge in [-0.2, -0.15) is 0 Å². The topological polar surface area (TPSA) is 79.5 Å². The van der Waals surface area contributed by atoms with Gasteiger partial charge in [0.25, 0.3) is 5.91 Å². The Bertz CT molecular complexity index is 718. The summed E-state index contributed by atoms with van der Waals surface area (Å²) in [4.78, 5) is 24.0. The number of nitrogens with one attached hydrogen (secondary N) is 1. The first kappa shape index (κ1) is 13.3. The second-order valence-corrected chi connectivity index (χ2v) is 4.85. The fourth-order valence-corrected chi connectivity index (χ4v) is 2.35. The fraction of sp³-hybridized carbons (Fsp3) is 0.125. The van der Waals surface area contributed by atoms with Crippen LogP contribution in [0.1, 0.15) is 17.7 Å². The Labute approximate surface area is 120 Å². The number of hydrogen-bond donors (Lipinski definition) is 2. The van der Waals surface area contributed by atoms with Crippen molar-refractivity contribution in [1.29, 1.82) is 0 Å². The van der Waals surface area contributed by atoms with E-state index in [0.29, 0.717) is 17.0 Å². The number of benzene rings is 1. The minimum Gasteiger partial charge on any atom is -0.465 e. The molecule has 0 saturated heterocycles. The van der Waals surface area contributed by atoms with Crippen LogP contribution in [0.2, 0.25) is 0 Å². The van der Waals surface area contributed by atoms with E-state index in [4.69, 9.17) is 4.42 Å². The molecular weight excluding hydrogens is 270 g/mol. The summed E-state index contributed by atoms with van der Waals surface area (Å²) in [6.45, 7) is 0. The van der Waals surface area contributed by atoms with E-state index >= 15 is 0 Å². The third-order valence-corrected chi connectivity index (χ3v) is 3.40. The number of furan rings is 1. The van der Waals surface area contributed by atoms with Gasteiger partial charge in [0.15, 0.2) is 11.4 Å². The van der Waals surface area contributed by atoms with Gasteiger partial charge in [-0.3, -0.25) is 9.59 Å². The van der Waals surface area contributed by atoms with E-state index in [0.717, 1.165) is 0 Å². The summed E-state index contributed by atoms with van der Waals surface area (Å²) < 4.78 is 5.08. The summed E-state index contributed by atoms with van der Waals surface area (Å²) in [7, 11) is 0. The Balaban J connectivity index is 1.80. The van der Waals surface area contributed by atoms with E-state index in [9.17, 15) is 14.7 Å². The van der Waals surface area contributed by atoms with Crippen LogP contribution < -0.4 is 5.32 Å². The van der Waals surface area contributed by atoms with Crippen molar-refractivity contribution in [1.82, 2.24) is 0 Å². The molecule has 0 aliphatic carbocycles. The molecule has 0 radical (unpaired) electrons. The van der Waals surface area contributed by atoms with Gasteiger partial charge >= 0.3 is 0 Å².